The summed E-state index contributed by atoms with van der Waals surface area (Å²) in [5, 5.41) is 23.0. The first-order chi connectivity index (χ1) is 16.7. The van der Waals surface area contributed by atoms with Gasteiger partial charge in [-0.1, -0.05) is 35.0 Å². The lowest BCUT2D eigenvalue weighted by molar-refractivity contribution is -0.129. The molecule has 3 aromatic rings. The summed E-state index contributed by atoms with van der Waals surface area (Å²) in [4.78, 5) is 29.2. The number of alkyl halides is 1. The fraction of sp³-hybridized carbons (Fsp3) is 0.304. The molecule has 35 heavy (non-hydrogen) atoms. The lowest BCUT2D eigenvalue weighted by atomic mass is 9.68. The molecule has 1 fully saturated rings. The molecule has 4 rings (SSSR count). The molecule has 2 heterocycles. The van der Waals surface area contributed by atoms with Crippen molar-refractivity contribution < 1.29 is 18.7 Å². The number of carbonyl (C=O) groups excluding carboxylic acids is 2. The molecule has 1 atom stereocenters. The average molecular weight is 498 g/mol. The van der Waals surface area contributed by atoms with Crippen molar-refractivity contribution in [2.75, 3.05) is 10.6 Å². The number of halogens is 2. The smallest absolute Gasteiger partial charge is 0.413 e. The van der Waals surface area contributed by atoms with Crippen LogP contribution in [0.15, 0.2) is 42.6 Å². The quantitative estimate of drug-likeness (QED) is 0.514. The van der Waals surface area contributed by atoms with Crippen LogP contribution in [-0.2, 0) is 16.6 Å². The van der Waals surface area contributed by atoms with Crippen molar-refractivity contribution in [3.05, 3.63) is 53.2 Å². The second-order valence-corrected chi connectivity index (χ2v) is 8.60. The summed E-state index contributed by atoms with van der Waals surface area (Å²) in [7, 11) is 1.59. The minimum atomic E-state index is -1.36. The van der Waals surface area contributed by atoms with Crippen LogP contribution in [-0.4, -0.2) is 38.1 Å². The molecule has 1 aromatic carbocycles. The molecule has 0 aliphatic heterocycles. The first-order valence-electron chi connectivity index (χ1n) is 10.7. The lowest BCUT2D eigenvalue weighted by Gasteiger charge is -2.36. The summed E-state index contributed by atoms with van der Waals surface area (Å²) in [6.07, 6.45) is -1.36. The number of carbonyl (C=O) groups is 2. The van der Waals surface area contributed by atoms with Gasteiger partial charge in [0.1, 0.15) is 17.7 Å². The van der Waals surface area contributed by atoms with Gasteiger partial charge in [0.05, 0.1) is 23.6 Å². The largest absolute Gasteiger partial charge is 0.441 e. The molecule has 2 amide bonds. The highest BCUT2D eigenvalue weighted by Crippen LogP contribution is 2.43. The third kappa shape index (κ3) is 4.93. The van der Waals surface area contributed by atoms with E-state index < -0.39 is 29.7 Å². The van der Waals surface area contributed by atoms with Crippen LogP contribution < -0.4 is 10.6 Å². The van der Waals surface area contributed by atoms with E-state index in [0.717, 1.165) is 0 Å². The van der Waals surface area contributed by atoms with Gasteiger partial charge in [0.2, 0.25) is 5.91 Å². The van der Waals surface area contributed by atoms with Gasteiger partial charge in [-0.25, -0.2) is 13.9 Å². The summed E-state index contributed by atoms with van der Waals surface area (Å²) in [5.41, 5.74) is 0.284. The number of rotatable bonds is 6. The van der Waals surface area contributed by atoms with E-state index >= 15 is 0 Å². The minimum absolute atomic E-state index is 0.124. The van der Waals surface area contributed by atoms with Crippen LogP contribution in [0.2, 0.25) is 5.02 Å². The minimum Gasteiger partial charge on any atom is -0.441 e. The maximum absolute atomic E-state index is 13.2. The molecule has 2 aromatic heterocycles. The first-order valence-corrected chi connectivity index (χ1v) is 11.0. The van der Waals surface area contributed by atoms with E-state index in [4.69, 9.17) is 16.3 Å². The maximum Gasteiger partial charge on any atom is 0.413 e. The molecule has 0 spiro atoms. The zero-order valence-corrected chi connectivity index (χ0v) is 19.6. The van der Waals surface area contributed by atoms with Crippen molar-refractivity contribution >= 4 is 35.1 Å². The number of nitrogens with zero attached hydrogens (tertiary/aromatic N) is 5. The zero-order chi connectivity index (χ0) is 25.2. The second-order valence-electron chi connectivity index (χ2n) is 8.19. The van der Waals surface area contributed by atoms with Crippen LogP contribution in [0.1, 0.15) is 31.4 Å². The fourth-order valence-electron chi connectivity index (χ4n) is 3.71. The van der Waals surface area contributed by atoms with E-state index in [1.54, 1.807) is 50.4 Å². The Morgan fingerprint density at radius 3 is 2.66 bits per heavy atom. The number of pyridine rings is 1. The van der Waals surface area contributed by atoms with Gasteiger partial charge in [0.15, 0.2) is 11.5 Å². The number of benzene rings is 1. The zero-order valence-electron chi connectivity index (χ0n) is 18.8. The number of anilines is 2. The third-order valence-corrected chi connectivity index (χ3v) is 6.07. The Labute approximate surface area is 205 Å². The van der Waals surface area contributed by atoms with Gasteiger partial charge in [-0.15, -0.1) is 5.10 Å². The van der Waals surface area contributed by atoms with E-state index in [2.05, 4.69) is 25.9 Å². The molecule has 1 aliphatic rings. The van der Waals surface area contributed by atoms with Gasteiger partial charge >= 0.3 is 6.09 Å². The maximum atomic E-state index is 13.2. The molecule has 1 aliphatic carbocycles. The number of ether oxygens (including phenoxy) is 1. The predicted octanol–water partition coefficient (Wildman–Crippen LogP) is 4.42. The molecular weight excluding hydrogens is 477 g/mol. The van der Waals surface area contributed by atoms with Crippen molar-refractivity contribution in [3.8, 4) is 17.5 Å². The number of hydrogen-bond donors (Lipinski definition) is 2. The van der Waals surface area contributed by atoms with E-state index in [-0.39, 0.29) is 24.4 Å². The summed E-state index contributed by atoms with van der Waals surface area (Å²) in [5.74, 6) is -0.321. The summed E-state index contributed by atoms with van der Waals surface area (Å²) >= 11 is 6.17. The number of hydrogen-bond acceptors (Lipinski definition) is 7. The van der Waals surface area contributed by atoms with E-state index in [1.807, 2.05) is 6.07 Å². The van der Waals surface area contributed by atoms with Crippen molar-refractivity contribution in [1.82, 2.24) is 20.0 Å². The Morgan fingerprint density at radius 1 is 1.29 bits per heavy atom. The Kier molecular flexibility index (Phi) is 6.66. The molecule has 2 N–H and O–H groups in total. The second kappa shape index (κ2) is 9.68. The van der Waals surface area contributed by atoms with Gasteiger partial charge in [-0.2, -0.15) is 5.26 Å². The van der Waals surface area contributed by atoms with Gasteiger partial charge in [0.25, 0.3) is 0 Å². The highest BCUT2D eigenvalue weighted by molar-refractivity contribution is 6.31. The number of aromatic nitrogens is 4. The van der Waals surface area contributed by atoms with Gasteiger partial charge in [-0.3, -0.25) is 15.1 Å². The van der Waals surface area contributed by atoms with Gasteiger partial charge in [0, 0.05) is 30.5 Å². The van der Waals surface area contributed by atoms with Crippen LogP contribution in [0.5, 0.6) is 0 Å². The van der Waals surface area contributed by atoms with Crippen molar-refractivity contribution in [2.45, 2.75) is 32.0 Å². The molecule has 180 valence electrons. The van der Waals surface area contributed by atoms with Crippen LogP contribution >= 0.6 is 11.6 Å². The van der Waals surface area contributed by atoms with E-state index in [0.29, 0.717) is 22.0 Å². The molecule has 0 radical (unpaired) electrons. The molecule has 10 nitrogen and oxygen atoms in total. The van der Waals surface area contributed by atoms with Crippen molar-refractivity contribution in [2.24, 2.45) is 12.5 Å². The Bertz CT molecular complexity index is 1300. The Balaban J connectivity index is 1.44. The van der Waals surface area contributed by atoms with Gasteiger partial charge in [-0.05, 0) is 25.1 Å². The number of nitriles is 1. The fourth-order valence-corrected chi connectivity index (χ4v) is 4.00. The molecule has 0 bridgehead atoms. The molecular formula is C23H21ClFN7O3. The normalized spacial score (nSPS) is 19.7. The van der Waals surface area contributed by atoms with Crippen LogP contribution in [0.3, 0.4) is 0 Å². The van der Waals surface area contributed by atoms with Crippen molar-refractivity contribution in [1.29, 1.82) is 5.26 Å². The Hall–Kier alpha value is -4.04. The standard InChI is InChI=1S/C23H21ClFN7O3/c1-13(16-5-3-4-6-17(16)24)35-22(34)29-20-19(30-31-32(20)2)18-8-7-15(11-27-18)28-21(33)23(12-26)9-14(25)10-23/h3-8,11,13-14H,9-10H2,1-2H3,(H,28,33)(H,29,34)/t13-,14?,23?/m1/s1. The number of aryl methyl sites for hydroxylation is 1. The van der Waals surface area contributed by atoms with Crippen LogP contribution in [0, 0.1) is 16.7 Å². The molecule has 12 heteroatoms. The average Bonchev–Trinajstić information content (AvgIpc) is 3.17. The summed E-state index contributed by atoms with van der Waals surface area (Å²) < 4.78 is 20.0. The number of amides is 2. The summed E-state index contributed by atoms with van der Waals surface area (Å²) in [6.45, 7) is 1.70. The van der Waals surface area contributed by atoms with Crippen LogP contribution in [0.4, 0.5) is 20.7 Å². The SMILES string of the molecule is C[C@@H](OC(=O)Nc1c(-c2ccc(NC(=O)C3(C#N)CC(F)C3)cn2)nnn1C)c1ccccc1Cl. The van der Waals surface area contributed by atoms with E-state index in [9.17, 15) is 19.2 Å². The monoisotopic (exact) mass is 497 g/mol. The molecule has 0 unspecified atom stereocenters. The topological polar surface area (TPSA) is 135 Å². The Morgan fingerprint density at radius 2 is 2.03 bits per heavy atom. The summed E-state index contributed by atoms with van der Waals surface area (Å²) in [6, 6.07) is 12.1. The number of nitrogens with one attached hydrogen (secondary N) is 2. The molecule has 0 saturated heterocycles. The predicted molar refractivity (Wildman–Crippen MR) is 125 cm³/mol. The highest BCUT2D eigenvalue weighted by Gasteiger charge is 2.51. The lowest BCUT2D eigenvalue weighted by Crippen LogP contribution is -2.47. The van der Waals surface area contributed by atoms with E-state index in [1.165, 1.54) is 10.9 Å². The molecule has 1 saturated carbocycles. The highest BCUT2D eigenvalue weighted by atomic mass is 35.5. The van der Waals surface area contributed by atoms with Gasteiger partial charge < -0.3 is 10.1 Å². The third-order valence-electron chi connectivity index (χ3n) is 5.73. The van der Waals surface area contributed by atoms with Crippen molar-refractivity contribution in [3.63, 3.8) is 0 Å². The van der Waals surface area contributed by atoms with Crippen LogP contribution in [0.25, 0.3) is 11.4 Å². The first kappa shape index (κ1) is 24.1.